The van der Waals surface area contributed by atoms with Crippen LogP contribution < -0.4 is 20.3 Å². The molecule has 8 heteroatoms. The lowest BCUT2D eigenvalue weighted by molar-refractivity contribution is -0.125. The first-order valence-electron chi connectivity index (χ1n) is 11.8. The summed E-state index contributed by atoms with van der Waals surface area (Å²) in [6, 6.07) is 11.2. The number of amides is 4. The van der Waals surface area contributed by atoms with Gasteiger partial charge in [0, 0.05) is 24.6 Å². The molecule has 0 radical (unpaired) electrons. The van der Waals surface area contributed by atoms with Crippen LogP contribution in [0.25, 0.3) is 0 Å². The smallest absolute Gasteiger partial charge is 0.266 e. The summed E-state index contributed by atoms with van der Waals surface area (Å²) in [6.07, 6.45) is 5.21. The Labute approximate surface area is 198 Å². The number of rotatable bonds is 8. The van der Waals surface area contributed by atoms with Gasteiger partial charge in [0.05, 0.1) is 23.4 Å². The first-order chi connectivity index (χ1) is 16.5. The summed E-state index contributed by atoms with van der Waals surface area (Å²) in [5, 5.41) is 5.64. The fraction of sp³-hybridized carbons (Fsp3) is 0.385. The molecule has 2 aliphatic rings. The SMILES string of the molecule is CCOc1ccc(N2C(=O)c3ccc(C(=O)NCCNC(=O)C4CCCCC4)cc3C2=O)cc1. The summed E-state index contributed by atoms with van der Waals surface area (Å²) in [5.41, 5.74) is 1.17. The van der Waals surface area contributed by atoms with Gasteiger partial charge in [0.25, 0.3) is 17.7 Å². The molecule has 178 valence electrons. The molecule has 8 nitrogen and oxygen atoms in total. The van der Waals surface area contributed by atoms with E-state index in [1.807, 2.05) is 6.92 Å². The molecule has 2 N–H and O–H groups in total. The number of benzene rings is 2. The summed E-state index contributed by atoms with van der Waals surface area (Å²) in [6.45, 7) is 3.01. The highest BCUT2D eigenvalue weighted by atomic mass is 16.5. The number of carbonyl (C=O) groups excluding carboxylic acids is 4. The predicted molar refractivity (Wildman–Crippen MR) is 127 cm³/mol. The van der Waals surface area contributed by atoms with Crippen LogP contribution in [0.5, 0.6) is 5.75 Å². The second kappa shape index (κ2) is 10.5. The Bertz CT molecular complexity index is 1090. The Hall–Kier alpha value is -3.68. The second-order valence-corrected chi connectivity index (χ2v) is 8.51. The first-order valence-corrected chi connectivity index (χ1v) is 11.8. The molecule has 0 spiro atoms. The third kappa shape index (κ3) is 4.95. The third-order valence-corrected chi connectivity index (χ3v) is 6.24. The molecule has 0 atom stereocenters. The van der Waals surface area contributed by atoms with Crippen LogP contribution in [0, 0.1) is 5.92 Å². The fourth-order valence-corrected chi connectivity index (χ4v) is 4.45. The van der Waals surface area contributed by atoms with Crippen LogP contribution in [0.1, 0.15) is 70.1 Å². The molecule has 0 bridgehead atoms. The minimum absolute atomic E-state index is 0.0463. The van der Waals surface area contributed by atoms with Crippen molar-refractivity contribution < 1.29 is 23.9 Å². The highest BCUT2D eigenvalue weighted by Gasteiger charge is 2.37. The van der Waals surface area contributed by atoms with E-state index in [0.717, 1.165) is 30.6 Å². The van der Waals surface area contributed by atoms with Crippen molar-refractivity contribution in [2.24, 2.45) is 5.92 Å². The maximum absolute atomic E-state index is 13.0. The highest BCUT2D eigenvalue weighted by Crippen LogP contribution is 2.30. The van der Waals surface area contributed by atoms with Crippen molar-refractivity contribution in [3.63, 3.8) is 0 Å². The Morgan fingerprint density at radius 3 is 2.29 bits per heavy atom. The van der Waals surface area contributed by atoms with Gasteiger partial charge >= 0.3 is 0 Å². The summed E-state index contributed by atoms with van der Waals surface area (Å²) < 4.78 is 5.41. The van der Waals surface area contributed by atoms with E-state index >= 15 is 0 Å². The minimum Gasteiger partial charge on any atom is -0.494 e. The van der Waals surface area contributed by atoms with Gasteiger partial charge in [-0.1, -0.05) is 19.3 Å². The van der Waals surface area contributed by atoms with E-state index < -0.39 is 11.8 Å². The largest absolute Gasteiger partial charge is 0.494 e. The van der Waals surface area contributed by atoms with Gasteiger partial charge < -0.3 is 15.4 Å². The third-order valence-electron chi connectivity index (χ3n) is 6.24. The highest BCUT2D eigenvalue weighted by molar-refractivity contribution is 6.34. The van der Waals surface area contributed by atoms with Gasteiger partial charge in [0.15, 0.2) is 0 Å². The normalized spacial score (nSPS) is 15.7. The molecule has 0 aromatic heterocycles. The molecule has 1 aliphatic heterocycles. The van der Waals surface area contributed by atoms with Gasteiger partial charge in [-0.3, -0.25) is 19.2 Å². The summed E-state index contributed by atoms with van der Waals surface area (Å²) in [5.74, 6) is -0.501. The fourth-order valence-electron chi connectivity index (χ4n) is 4.45. The van der Waals surface area contributed by atoms with Gasteiger partial charge in [0.1, 0.15) is 5.75 Å². The zero-order valence-corrected chi connectivity index (χ0v) is 19.3. The molecular weight excluding hydrogens is 434 g/mol. The number of carbonyl (C=O) groups is 4. The van der Waals surface area contributed by atoms with Crippen molar-refractivity contribution in [1.82, 2.24) is 10.6 Å². The standard InChI is InChI=1S/C26H29N3O5/c1-2-34-20-11-9-19(10-12-20)29-25(32)21-13-8-18(16-22(21)26(29)33)24(31)28-15-14-27-23(30)17-6-4-3-5-7-17/h8-13,16-17H,2-7,14-15H2,1H3,(H,27,30)(H,28,31). The number of anilines is 1. The van der Waals surface area contributed by atoms with E-state index in [9.17, 15) is 19.2 Å². The zero-order chi connectivity index (χ0) is 24.1. The van der Waals surface area contributed by atoms with E-state index in [-0.39, 0.29) is 41.0 Å². The van der Waals surface area contributed by atoms with Crippen molar-refractivity contribution in [1.29, 1.82) is 0 Å². The van der Waals surface area contributed by atoms with E-state index in [1.165, 1.54) is 24.6 Å². The number of ether oxygens (including phenoxy) is 1. The molecule has 4 amide bonds. The zero-order valence-electron chi connectivity index (χ0n) is 19.3. The molecular formula is C26H29N3O5. The molecule has 1 heterocycles. The number of fused-ring (bicyclic) bond motifs is 1. The van der Waals surface area contributed by atoms with Crippen LogP contribution in [0.4, 0.5) is 5.69 Å². The molecule has 1 fully saturated rings. The van der Waals surface area contributed by atoms with Crippen LogP contribution in [0.15, 0.2) is 42.5 Å². The van der Waals surface area contributed by atoms with Crippen LogP contribution in [-0.2, 0) is 4.79 Å². The van der Waals surface area contributed by atoms with Gasteiger partial charge in [-0.2, -0.15) is 0 Å². The average molecular weight is 464 g/mol. The van der Waals surface area contributed by atoms with Gasteiger partial charge in [-0.05, 0) is 62.2 Å². The van der Waals surface area contributed by atoms with Crippen molar-refractivity contribution >= 4 is 29.3 Å². The van der Waals surface area contributed by atoms with Gasteiger partial charge in [-0.25, -0.2) is 4.90 Å². The van der Waals surface area contributed by atoms with E-state index in [4.69, 9.17) is 4.74 Å². The molecule has 2 aromatic rings. The second-order valence-electron chi connectivity index (χ2n) is 8.51. The number of hydrogen-bond acceptors (Lipinski definition) is 5. The van der Waals surface area contributed by atoms with Crippen LogP contribution in [0.3, 0.4) is 0 Å². The van der Waals surface area contributed by atoms with E-state index in [0.29, 0.717) is 24.6 Å². The van der Waals surface area contributed by atoms with Crippen LogP contribution >= 0.6 is 0 Å². The van der Waals surface area contributed by atoms with Crippen molar-refractivity contribution in [3.05, 3.63) is 59.2 Å². The number of imide groups is 1. The monoisotopic (exact) mass is 463 g/mol. The van der Waals surface area contributed by atoms with Crippen molar-refractivity contribution in [3.8, 4) is 5.75 Å². The molecule has 4 rings (SSSR count). The van der Waals surface area contributed by atoms with Crippen molar-refractivity contribution in [2.75, 3.05) is 24.6 Å². The molecule has 2 aromatic carbocycles. The summed E-state index contributed by atoms with van der Waals surface area (Å²) >= 11 is 0. The molecule has 0 unspecified atom stereocenters. The Morgan fingerprint density at radius 2 is 1.59 bits per heavy atom. The number of nitrogens with one attached hydrogen (secondary N) is 2. The van der Waals surface area contributed by atoms with Gasteiger partial charge in [0.2, 0.25) is 5.91 Å². The number of hydrogen-bond donors (Lipinski definition) is 2. The minimum atomic E-state index is -0.474. The van der Waals surface area contributed by atoms with E-state index in [2.05, 4.69) is 10.6 Å². The average Bonchev–Trinajstić information content (AvgIpc) is 3.12. The molecule has 0 saturated heterocycles. The van der Waals surface area contributed by atoms with Crippen molar-refractivity contribution in [2.45, 2.75) is 39.0 Å². The Balaban J connectivity index is 1.35. The lowest BCUT2D eigenvalue weighted by atomic mass is 9.89. The Kier molecular flexibility index (Phi) is 7.25. The van der Waals surface area contributed by atoms with E-state index in [1.54, 1.807) is 24.3 Å². The van der Waals surface area contributed by atoms with Crippen LogP contribution in [-0.4, -0.2) is 43.3 Å². The quantitative estimate of drug-likeness (QED) is 0.462. The number of nitrogens with zero attached hydrogens (tertiary/aromatic N) is 1. The molecule has 1 aliphatic carbocycles. The van der Waals surface area contributed by atoms with Gasteiger partial charge in [-0.15, -0.1) is 0 Å². The molecule has 1 saturated carbocycles. The first kappa shape index (κ1) is 23.5. The summed E-state index contributed by atoms with van der Waals surface area (Å²) in [4.78, 5) is 51.7. The Morgan fingerprint density at radius 1 is 0.912 bits per heavy atom. The molecule has 34 heavy (non-hydrogen) atoms. The lowest BCUT2D eigenvalue weighted by Gasteiger charge is -2.20. The van der Waals surface area contributed by atoms with Crippen LogP contribution in [0.2, 0.25) is 0 Å². The predicted octanol–water partition coefficient (Wildman–Crippen LogP) is 3.31. The summed E-state index contributed by atoms with van der Waals surface area (Å²) in [7, 11) is 0. The topological polar surface area (TPSA) is 105 Å². The lowest BCUT2D eigenvalue weighted by Crippen LogP contribution is -2.38. The maximum Gasteiger partial charge on any atom is 0.266 e. The maximum atomic E-state index is 13.0.